The number of hydrogen-bond acceptors (Lipinski definition) is 7. The van der Waals surface area contributed by atoms with Crippen molar-refractivity contribution in [2.45, 2.75) is 0 Å². The molecule has 0 aliphatic rings. The van der Waals surface area contributed by atoms with E-state index in [2.05, 4.69) is 26.6 Å². The van der Waals surface area contributed by atoms with Gasteiger partial charge in [-0.25, -0.2) is 0 Å². The number of halogens is 2. The predicted octanol–water partition coefficient (Wildman–Crippen LogP) is 5.34. The van der Waals surface area contributed by atoms with Crippen LogP contribution in [0.3, 0.4) is 0 Å². The Morgan fingerprint density at radius 2 is 1.78 bits per heavy atom. The van der Waals surface area contributed by atoms with Crippen LogP contribution in [0.25, 0.3) is 6.08 Å². The lowest BCUT2D eigenvalue weighted by Crippen LogP contribution is -2.31. The monoisotopic (exact) mass is 574 g/mol. The van der Waals surface area contributed by atoms with Crippen LogP contribution < -0.4 is 15.4 Å². The number of amides is 2. The quantitative estimate of drug-likeness (QED) is 0.209. The lowest BCUT2D eigenvalue weighted by molar-refractivity contribution is -0.385. The highest BCUT2D eigenvalue weighted by molar-refractivity contribution is 9.10. The second kappa shape index (κ2) is 11.4. The van der Waals surface area contributed by atoms with Crippen molar-refractivity contribution in [3.63, 3.8) is 0 Å². The van der Waals surface area contributed by atoms with Crippen LogP contribution >= 0.6 is 27.5 Å². The molecule has 3 rings (SSSR count). The van der Waals surface area contributed by atoms with Crippen LogP contribution in [-0.4, -0.2) is 28.8 Å². The maximum atomic E-state index is 13.1. The van der Waals surface area contributed by atoms with Crippen molar-refractivity contribution in [3.05, 3.63) is 107 Å². The van der Waals surface area contributed by atoms with Crippen molar-refractivity contribution in [1.82, 2.24) is 5.32 Å². The Bertz CT molecular complexity index is 1410. The summed E-state index contributed by atoms with van der Waals surface area (Å²) in [6.45, 7) is 0. The number of ether oxygens (including phenoxy) is 1. The molecule has 0 atom stereocenters. The number of nitro benzene ring substituents is 2. The second-order valence-corrected chi connectivity index (χ2v) is 8.35. The Hall–Kier alpha value is -4.29. The van der Waals surface area contributed by atoms with Gasteiger partial charge in [0.15, 0.2) is 0 Å². The summed E-state index contributed by atoms with van der Waals surface area (Å²) in [4.78, 5) is 47.1. The van der Waals surface area contributed by atoms with E-state index in [1.165, 1.54) is 55.7 Å². The molecule has 13 heteroatoms. The molecule has 0 spiro atoms. The fraction of sp³-hybridized carbons (Fsp3) is 0.0435. The lowest BCUT2D eigenvalue weighted by Gasteiger charge is -2.13. The Morgan fingerprint density at radius 3 is 2.44 bits per heavy atom. The Balaban J connectivity index is 2.00. The highest BCUT2D eigenvalue weighted by Gasteiger charge is 2.20. The van der Waals surface area contributed by atoms with E-state index in [9.17, 15) is 29.8 Å². The lowest BCUT2D eigenvalue weighted by atomic mass is 10.1. The van der Waals surface area contributed by atoms with E-state index in [-0.39, 0.29) is 33.2 Å². The highest BCUT2D eigenvalue weighted by Crippen LogP contribution is 2.28. The van der Waals surface area contributed by atoms with Crippen molar-refractivity contribution in [1.29, 1.82) is 0 Å². The molecular formula is C23H16BrClN4O7. The van der Waals surface area contributed by atoms with Gasteiger partial charge in [0, 0.05) is 28.4 Å². The van der Waals surface area contributed by atoms with E-state index in [1.54, 1.807) is 12.1 Å². The Morgan fingerprint density at radius 1 is 1.03 bits per heavy atom. The maximum absolute atomic E-state index is 13.1. The number of benzene rings is 3. The molecule has 0 unspecified atom stereocenters. The number of carbonyl (C=O) groups excluding carboxylic acids is 2. The molecule has 0 saturated carbocycles. The summed E-state index contributed by atoms with van der Waals surface area (Å²) in [5.41, 5.74) is -0.497. The number of nitrogens with one attached hydrogen (secondary N) is 2. The minimum atomic E-state index is -0.842. The molecule has 0 heterocycles. The maximum Gasteiger partial charge on any atom is 0.289 e. The first kappa shape index (κ1) is 26.3. The molecule has 36 heavy (non-hydrogen) atoms. The van der Waals surface area contributed by atoms with Crippen LogP contribution in [0.4, 0.5) is 17.1 Å². The zero-order valence-electron chi connectivity index (χ0n) is 18.4. The molecule has 3 aromatic rings. The summed E-state index contributed by atoms with van der Waals surface area (Å²) in [6, 6.07) is 13.7. The third-order valence-electron chi connectivity index (χ3n) is 4.70. The number of nitrogens with zero attached hydrogens (tertiary/aromatic N) is 2. The topological polar surface area (TPSA) is 154 Å². The summed E-state index contributed by atoms with van der Waals surface area (Å²) in [5, 5.41) is 27.1. The molecule has 0 bridgehead atoms. The molecule has 0 aliphatic carbocycles. The average molecular weight is 576 g/mol. The van der Waals surface area contributed by atoms with Gasteiger partial charge in [0.25, 0.3) is 23.2 Å². The largest absolute Gasteiger partial charge is 0.497 e. The molecule has 11 nitrogen and oxygen atoms in total. The summed E-state index contributed by atoms with van der Waals surface area (Å²) in [6.07, 6.45) is 1.23. The number of anilines is 1. The van der Waals surface area contributed by atoms with Gasteiger partial charge in [-0.1, -0.05) is 23.7 Å². The van der Waals surface area contributed by atoms with Crippen LogP contribution in [0.15, 0.2) is 70.8 Å². The second-order valence-electron chi connectivity index (χ2n) is 7.09. The number of carbonyl (C=O) groups is 2. The minimum absolute atomic E-state index is 0.0397. The van der Waals surface area contributed by atoms with Crippen LogP contribution in [0.5, 0.6) is 5.75 Å². The summed E-state index contributed by atoms with van der Waals surface area (Å²) in [7, 11) is 1.43. The number of methoxy groups -OCH3 is 1. The van der Waals surface area contributed by atoms with E-state index < -0.39 is 27.3 Å². The van der Waals surface area contributed by atoms with Gasteiger partial charge in [-0.3, -0.25) is 29.8 Å². The van der Waals surface area contributed by atoms with Crippen molar-refractivity contribution in [2.75, 3.05) is 12.4 Å². The van der Waals surface area contributed by atoms with E-state index in [1.807, 2.05) is 0 Å². The molecule has 2 amide bonds. The molecule has 2 N–H and O–H groups in total. The van der Waals surface area contributed by atoms with Crippen LogP contribution in [-0.2, 0) is 4.79 Å². The predicted molar refractivity (Wildman–Crippen MR) is 136 cm³/mol. The zero-order valence-corrected chi connectivity index (χ0v) is 20.7. The fourth-order valence-electron chi connectivity index (χ4n) is 2.98. The van der Waals surface area contributed by atoms with Crippen molar-refractivity contribution < 1.29 is 24.2 Å². The molecule has 0 aliphatic heterocycles. The smallest absolute Gasteiger partial charge is 0.289 e. The number of non-ortho nitro benzene ring substituents is 1. The van der Waals surface area contributed by atoms with Crippen molar-refractivity contribution >= 4 is 62.5 Å². The van der Waals surface area contributed by atoms with Gasteiger partial charge < -0.3 is 15.4 Å². The first-order valence-corrected chi connectivity index (χ1v) is 11.1. The Labute approximate surface area is 217 Å². The number of nitro groups is 2. The zero-order chi connectivity index (χ0) is 26.4. The molecule has 0 fully saturated rings. The van der Waals surface area contributed by atoms with E-state index in [4.69, 9.17) is 16.3 Å². The highest BCUT2D eigenvalue weighted by atomic mass is 79.9. The van der Waals surface area contributed by atoms with E-state index >= 15 is 0 Å². The first-order chi connectivity index (χ1) is 17.1. The van der Waals surface area contributed by atoms with E-state index in [0.717, 1.165) is 6.07 Å². The number of hydrogen-bond donors (Lipinski definition) is 2. The molecule has 0 saturated heterocycles. The van der Waals surface area contributed by atoms with Crippen LogP contribution in [0.2, 0.25) is 5.02 Å². The van der Waals surface area contributed by atoms with Gasteiger partial charge in [0.1, 0.15) is 16.5 Å². The molecule has 0 radical (unpaired) electrons. The van der Waals surface area contributed by atoms with Gasteiger partial charge in [-0.05, 0) is 57.9 Å². The van der Waals surface area contributed by atoms with Crippen LogP contribution in [0.1, 0.15) is 15.9 Å². The van der Waals surface area contributed by atoms with Gasteiger partial charge in [-0.15, -0.1) is 0 Å². The summed E-state index contributed by atoms with van der Waals surface area (Å²) in [5.74, 6) is -1.13. The normalized spacial score (nSPS) is 10.9. The summed E-state index contributed by atoms with van der Waals surface area (Å²) < 4.78 is 5.56. The standard InChI is InChI=1S/C23H16BrClN4O7/c1-36-16-6-7-18(24)17(12-16)22(30)27-20(10-13-3-2-4-15(9-13)28(32)33)23(31)26-14-5-8-19(25)21(11-14)29(34)35/h2-12H,1H3,(H,26,31)(H,27,30)/b20-10+. The first-order valence-electron chi connectivity index (χ1n) is 9.95. The molecule has 3 aromatic carbocycles. The van der Waals surface area contributed by atoms with Gasteiger partial charge in [0.05, 0.1) is 22.5 Å². The van der Waals surface area contributed by atoms with E-state index in [0.29, 0.717) is 10.2 Å². The average Bonchev–Trinajstić information content (AvgIpc) is 2.85. The van der Waals surface area contributed by atoms with Gasteiger partial charge in [-0.2, -0.15) is 0 Å². The third kappa shape index (κ3) is 6.43. The molecular weight excluding hydrogens is 560 g/mol. The Kier molecular flexibility index (Phi) is 8.35. The fourth-order valence-corrected chi connectivity index (χ4v) is 3.59. The SMILES string of the molecule is COc1ccc(Br)c(C(=O)N/C(=C/c2cccc([N+](=O)[O-])c2)C(=O)Nc2ccc(Cl)c([N+](=O)[O-])c2)c1. The van der Waals surface area contributed by atoms with Crippen LogP contribution in [0, 0.1) is 20.2 Å². The number of rotatable bonds is 8. The summed E-state index contributed by atoms with van der Waals surface area (Å²) >= 11 is 9.10. The van der Waals surface area contributed by atoms with Gasteiger partial charge in [0.2, 0.25) is 0 Å². The van der Waals surface area contributed by atoms with Crippen molar-refractivity contribution in [3.8, 4) is 5.75 Å². The third-order valence-corrected chi connectivity index (χ3v) is 5.71. The van der Waals surface area contributed by atoms with Crippen molar-refractivity contribution in [2.24, 2.45) is 0 Å². The molecule has 0 aromatic heterocycles. The minimum Gasteiger partial charge on any atom is -0.497 e. The van der Waals surface area contributed by atoms with Gasteiger partial charge >= 0.3 is 0 Å². The molecule has 184 valence electrons.